The maximum absolute atomic E-state index is 12.8. The van der Waals surface area contributed by atoms with Crippen LogP contribution in [0.4, 0.5) is 5.69 Å². The Labute approximate surface area is 147 Å². The van der Waals surface area contributed by atoms with Crippen LogP contribution >= 0.6 is 11.8 Å². The summed E-state index contributed by atoms with van der Waals surface area (Å²) in [5, 5.41) is 0.766. The van der Waals surface area contributed by atoms with Gasteiger partial charge in [0.1, 0.15) is 0 Å². The number of aliphatic imine (C=N–C) groups is 1. The van der Waals surface area contributed by atoms with E-state index in [1.807, 2.05) is 66.7 Å². The van der Waals surface area contributed by atoms with Crippen LogP contribution in [0.5, 0.6) is 0 Å². The van der Waals surface area contributed by atoms with Gasteiger partial charge in [0.2, 0.25) is 0 Å². The van der Waals surface area contributed by atoms with E-state index in [9.17, 15) is 4.79 Å². The smallest absolute Gasteiger partial charge is 0.266 e. The molecule has 122 valence electrons. The topological polar surface area (TPSA) is 32.7 Å². The summed E-state index contributed by atoms with van der Waals surface area (Å²) in [5.41, 5.74) is 1.90. The van der Waals surface area contributed by atoms with Crippen molar-refractivity contribution in [3.63, 3.8) is 0 Å². The van der Waals surface area contributed by atoms with Crippen molar-refractivity contribution >= 4 is 34.6 Å². The molecule has 4 heteroatoms. The second-order valence-corrected chi connectivity index (χ2v) is 6.57. The number of benzene rings is 2. The van der Waals surface area contributed by atoms with Gasteiger partial charge in [-0.1, -0.05) is 61.9 Å². The lowest BCUT2D eigenvalue weighted by atomic mass is 10.2. The number of amidine groups is 1. The Balaban J connectivity index is 1.91. The molecule has 2 aromatic rings. The van der Waals surface area contributed by atoms with Crippen LogP contribution in [0.2, 0.25) is 0 Å². The predicted octanol–water partition coefficient (Wildman–Crippen LogP) is 5.09. The Hall–Kier alpha value is -2.33. The summed E-state index contributed by atoms with van der Waals surface area (Å²) in [4.78, 5) is 20.0. The van der Waals surface area contributed by atoms with Gasteiger partial charge >= 0.3 is 0 Å². The zero-order chi connectivity index (χ0) is 16.8. The van der Waals surface area contributed by atoms with Crippen molar-refractivity contribution in [2.45, 2.75) is 19.8 Å². The van der Waals surface area contributed by atoms with Gasteiger partial charge < -0.3 is 0 Å². The molecule has 1 heterocycles. The minimum Gasteiger partial charge on any atom is -0.286 e. The Bertz CT molecular complexity index is 754. The van der Waals surface area contributed by atoms with Crippen LogP contribution in [-0.2, 0) is 4.79 Å². The van der Waals surface area contributed by atoms with E-state index in [2.05, 4.69) is 11.9 Å². The highest BCUT2D eigenvalue weighted by Crippen LogP contribution is 2.34. The zero-order valence-corrected chi connectivity index (χ0v) is 14.5. The molecule has 24 heavy (non-hydrogen) atoms. The highest BCUT2D eigenvalue weighted by molar-refractivity contribution is 8.18. The standard InChI is InChI=1S/C20H20N2OS/c1-2-3-14-22-19(23)18(15-16-10-6-4-7-11-16)24-20(22)21-17-12-8-5-9-13-17/h4-13,15H,2-3,14H2,1H3/b18-15-,21-20?. The molecule has 1 aliphatic heterocycles. The minimum atomic E-state index is 0.0481. The van der Waals surface area contributed by atoms with E-state index in [0.717, 1.165) is 34.2 Å². The highest BCUT2D eigenvalue weighted by Gasteiger charge is 2.32. The van der Waals surface area contributed by atoms with E-state index < -0.39 is 0 Å². The molecule has 0 spiro atoms. The molecule has 0 aliphatic carbocycles. The first-order valence-electron chi connectivity index (χ1n) is 8.18. The summed E-state index contributed by atoms with van der Waals surface area (Å²) < 4.78 is 0. The molecule has 1 aliphatic rings. The molecular formula is C20H20N2OS. The lowest BCUT2D eigenvalue weighted by Gasteiger charge is -2.14. The van der Waals surface area contributed by atoms with Crippen LogP contribution in [0.25, 0.3) is 6.08 Å². The first kappa shape index (κ1) is 16.5. The Morgan fingerprint density at radius 1 is 1.04 bits per heavy atom. The number of unbranched alkanes of at least 4 members (excludes halogenated alkanes) is 1. The van der Waals surface area contributed by atoms with Crippen molar-refractivity contribution in [1.82, 2.24) is 4.90 Å². The number of thioether (sulfide) groups is 1. The third kappa shape index (κ3) is 3.95. The zero-order valence-electron chi connectivity index (χ0n) is 13.7. The van der Waals surface area contributed by atoms with Gasteiger partial charge in [0, 0.05) is 6.54 Å². The largest absolute Gasteiger partial charge is 0.286 e. The van der Waals surface area contributed by atoms with E-state index in [4.69, 9.17) is 0 Å². The molecule has 0 saturated carbocycles. The fraction of sp³-hybridized carbons (Fsp3) is 0.200. The van der Waals surface area contributed by atoms with Gasteiger partial charge in [0.15, 0.2) is 5.17 Å². The van der Waals surface area contributed by atoms with Crippen molar-refractivity contribution in [3.05, 3.63) is 71.1 Å². The predicted molar refractivity (Wildman–Crippen MR) is 102 cm³/mol. The second kappa shape index (κ2) is 7.97. The van der Waals surface area contributed by atoms with Gasteiger partial charge in [0.25, 0.3) is 5.91 Å². The first-order valence-corrected chi connectivity index (χ1v) is 9.00. The summed E-state index contributed by atoms with van der Waals surface area (Å²) >= 11 is 1.45. The van der Waals surface area contributed by atoms with Crippen molar-refractivity contribution in [3.8, 4) is 0 Å². The van der Waals surface area contributed by atoms with Crippen molar-refractivity contribution in [1.29, 1.82) is 0 Å². The number of carbonyl (C=O) groups excluding carboxylic acids is 1. The number of nitrogens with zero attached hydrogens (tertiary/aromatic N) is 2. The number of carbonyl (C=O) groups is 1. The third-order valence-corrected chi connectivity index (χ3v) is 4.71. The van der Waals surface area contributed by atoms with Crippen molar-refractivity contribution < 1.29 is 4.79 Å². The number of hydrogen-bond donors (Lipinski definition) is 0. The summed E-state index contributed by atoms with van der Waals surface area (Å²) in [6.07, 6.45) is 3.96. The molecule has 0 atom stereocenters. The second-order valence-electron chi connectivity index (χ2n) is 5.56. The monoisotopic (exact) mass is 336 g/mol. The molecule has 0 radical (unpaired) electrons. The normalized spacial score (nSPS) is 17.9. The Kier molecular flexibility index (Phi) is 5.49. The molecule has 0 N–H and O–H groups in total. The number of amides is 1. The van der Waals surface area contributed by atoms with Crippen LogP contribution in [0.15, 0.2) is 70.6 Å². The van der Waals surface area contributed by atoms with Crippen LogP contribution in [-0.4, -0.2) is 22.5 Å². The van der Waals surface area contributed by atoms with E-state index >= 15 is 0 Å². The van der Waals surface area contributed by atoms with Gasteiger partial charge in [0.05, 0.1) is 10.6 Å². The van der Waals surface area contributed by atoms with Crippen LogP contribution in [0, 0.1) is 0 Å². The summed E-state index contributed by atoms with van der Waals surface area (Å²) in [7, 11) is 0. The molecular weight excluding hydrogens is 316 g/mol. The maximum Gasteiger partial charge on any atom is 0.266 e. The number of hydrogen-bond acceptors (Lipinski definition) is 3. The van der Waals surface area contributed by atoms with E-state index in [0.29, 0.717) is 6.54 Å². The lowest BCUT2D eigenvalue weighted by molar-refractivity contribution is -0.122. The fourth-order valence-electron chi connectivity index (χ4n) is 2.42. The quantitative estimate of drug-likeness (QED) is 0.712. The van der Waals surface area contributed by atoms with E-state index in [1.165, 1.54) is 11.8 Å². The minimum absolute atomic E-state index is 0.0481. The molecule has 3 nitrogen and oxygen atoms in total. The Morgan fingerprint density at radius 2 is 1.71 bits per heavy atom. The SMILES string of the molecule is CCCCN1C(=O)/C(=C/c2ccccc2)SC1=Nc1ccccc1. The lowest BCUT2D eigenvalue weighted by Crippen LogP contribution is -2.30. The molecule has 2 aromatic carbocycles. The van der Waals surface area contributed by atoms with Crippen LogP contribution in [0.3, 0.4) is 0 Å². The molecule has 1 fully saturated rings. The highest BCUT2D eigenvalue weighted by atomic mass is 32.2. The molecule has 0 aromatic heterocycles. The number of para-hydroxylation sites is 1. The van der Waals surface area contributed by atoms with Crippen LogP contribution < -0.4 is 0 Å². The third-order valence-electron chi connectivity index (χ3n) is 3.70. The average Bonchev–Trinajstić information content (AvgIpc) is 2.90. The van der Waals surface area contributed by atoms with Gasteiger partial charge in [-0.2, -0.15) is 0 Å². The molecule has 1 saturated heterocycles. The molecule has 0 unspecified atom stereocenters. The maximum atomic E-state index is 12.8. The van der Waals surface area contributed by atoms with Crippen molar-refractivity contribution in [2.75, 3.05) is 6.54 Å². The van der Waals surface area contributed by atoms with Gasteiger partial charge in [-0.3, -0.25) is 9.69 Å². The van der Waals surface area contributed by atoms with Crippen molar-refractivity contribution in [2.24, 2.45) is 4.99 Å². The van der Waals surface area contributed by atoms with Gasteiger partial charge in [-0.25, -0.2) is 4.99 Å². The first-order chi connectivity index (χ1) is 11.8. The molecule has 1 amide bonds. The summed E-state index contributed by atoms with van der Waals surface area (Å²) in [5.74, 6) is 0.0481. The molecule has 0 bridgehead atoms. The summed E-state index contributed by atoms with van der Waals surface area (Å²) in [6.45, 7) is 2.84. The van der Waals surface area contributed by atoms with Gasteiger partial charge in [-0.05, 0) is 42.0 Å². The fourth-order valence-corrected chi connectivity index (χ4v) is 3.44. The number of rotatable bonds is 5. The van der Waals surface area contributed by atoms with E-state index in [1.54, 1.807) is 4.90 Å². The summed E-state index contributed by atoms with van der Waals surface area (Å²) in [6, 6.07) is 19.7. The van der Waals surface area contributed by atoms with Gasteiger partial charge in [-0.15, -0.1) is 0 Å². The van der Waals surface area contributed by atoms with Crippen LogP contribution in [0.1, 0.15) is 25.3 Å². The Morgan fingerprint density at radius 3 is 2.38 bits per heavy atom. The average molecular weight is 336 g/mol. The van der Waals surface area contributed by atoms with E-state index in [-0.39, 0.29) is 5.91 Å². The molecule has 3 rings (SSSR count).